The highest BCUT2D eigenvalue weighted by Crippen LogP contribution is 2.57. The number of fused-ring (bicyclic) bond motifs is 1. The number of aromatic nitrogens is 6. The van der Waals surface area contributed by atoms with Crippen molar-refractivity contribution in [1.82, 2.24) is 30.0 Å². The Kier molecular flexibility index (Phi) is 7.60. The van der Waals surface area contributed by atoms with Crippen LogP contribution in [0.3, 0.4) is 0 Å². The summed E-state index contributed by atoms with van der Waals surface area (Å²) in [5, 5.41) is 14.4. The molecule has 0 saturated heterocycles. The Morgan fingerprint density at radius 2 is 1.85 bits per heavy atom. The van der Waals surface area contributed by atoms with Gasteiger partial charge in [0, 0.05) is 29.8 Å². The molecule has 3 heterocycles. The van der Waals surface area contributed by atoms with E-state index in [4.69, 9.17) is 4.74 Å². The Balaban J connectivity index is 1.34. The Bertz CT molecular complexity index is 1560. The normalized spacial score (nSPS) is 17.3. The van der Waals surface area contributed by atoms with Crippen molar-refractivity contribution in [3.63, 3.8) is 0 Å². The lowest BCUT2D eigenvalue weighted by molar-refractivity contribution is -0.152. The Labute approximate surface area is 239 Å². The molecular weight excluding hydrogens is 516 g/mol. The van der Waals surface area contributed by atoms with Crippen molar-refractivity contribution in [2.75, 3.05) is 6.61 Å². The first-order chi connectivity index (χ1) is 20.1. The van der Waals surface area contributed by atoms with Gasteiger partial charge in [-0.2, -0.15) is 0 Å². The number of aromatic amines is 1. The van der Waals surface area contributed by atoms with Crippen LogP contribution in [0, 0.1) is 5.41 Å². The molecule has 4 aromatic rings. The third-order valence-corrected chi connectivity index (χ3v) is 8.83. The fourth-order valence-electron chi connectivity index (χ4n) is 6.58. The van der Waals surface area contributed by atoms with Crippen LogP contribution in [0.15, 0.2) is 53.3 Å². The maximum Gasteiger partial charge on any atom is 0.314 e. The summed E-state index contributed by atoms with van der Waals surface area (Å²) in [6.07, 6.45) is 8.14. The summed E-state index contributed by atoms with van der Waals surface area (Å²) < 4.78 is 9.66. The first-order valence-electron chi connectivity index (χ1n) is 15.0. The standard InChI is InChI=1S/C32H38N6O3/c1-3-5-6-12-27-26(30(39)38-28(13-9-20-37(27)38)32(18-19-32)31(40)41-4-2)21-22-14-16-23(17-15-22)24-10-7-8-11-25(24)29-33-35-36-34-29/h7-8,10-11,14-17,28H,3-6,9,12-13,18-21H2,1-2H3,(H,33,34,35,36). The molecule has 2 aliphatic rings. The Morgan fingerprint density at radius 3 is 2.54 bits per heavy atom. The number of carbonyl (C=O) groups excluding carboxylic acids is 1. The summed E-state index contributed by atoms with van der Waals surface area (Å²) in [7, 11) is 0. The van der Waals surface area contributed by atoms with Gasteiger partial charge in [0.15, 0.2) is 5.82 Å². The second-order valence-corrected chi connectivity index (χ2v) is 11.4. The number of hydrogen-bond donors (Lipinski definition) is 1. The van der Waals surface area contributed by atoms with E-state index in [0.29, 0.717) is 18.9 Å². The zero-order valence-corrected chi connectivity index (χ0v) is 23.9. The van der Waals surface area contributed by atoms with Crippen molar-refractivity contribution < 1.29 is 9.53 Å². The van der Waals surface area contributed by atoms with Crippen LogP contribution in [0.4, 0.5) is 0 Å². The summed E-state index contributed by atoms with van der Waals surface area (Å²) >= 11 is 0. The number of nitrogens with zero attached hydrogens (tertiary/aromatic N) is 5. The third-order valence-electron chi connectivity index (χ3n) is 8.83. The fourth-order valence-corrected chi connectivity index (χ4v) is 6.58. The fraction of sp³-hybridized carbons (Fsp3) is 0.469. The van der Waals surface area contributed by atoms with Crippen LogP contribution < -0.4 is 5.56 Å². The van der Waals surface area contributed by atoms with Gasteiger partial charge in [0.2, 0.25) is 0 Å². The van der Waals surface area contributed by atoms with Crippen LogP contribution in [-0.4, -0.2) is 42.6 Å². The van der Waals surface area contributed by atoms with E-state index < -0.39 is 5.41 Å². The molecular formula is C32H38N6O3. The van der Waals surface area contributed by atoms with E-state index in [1.54, 1.807) is 0 Å². The van der Waals surface area contributed by atoms with Crippen molar-refractivity contribution in [3.8, 4) is 22.5 Å². The molecule has 0 radical (unpaired) electrons. The molecule has 1 N–H and O–H groups in total. The largest absolute Gasteiger partial charge is 0.466 e. The van der Waals surface area contributed by atoms with Crippen LogP contribution in [0.1, 0.15) is 81.7 Å². The number of rotatable bonds is 11. The van der Waals surface area contributed by atoms with E-state index in [9.17, 15) is 9.59 Å². The molecule has 1 aliphatic heterocycles. The van der Waals surface area contributed by atoms with Gasteiger partial charge in [-0.3, -0.25) is 14.3 Å². The topological polar surface area (TPSA) is 108 Å². The predicted octanol–water partition coefficient (Wildman–Crippen LogP) is 5.50. The third kappa shape index (κ3) is 5.02. The maximum atomic E-state index is 14.2. The quantitative estimate of drug-likeness (QED) is 0.194. The molecule has 41 heavy (non-hydrogen) atoms. The SMILES string of the molecule is CCCCCc1c(Cc2ccc(-c3ccccc3-c3nnn[nH]3)cc2)c(=O)n2n1CCCC2C1(C(=O)OCC)CC1. The van der Waals surface area contributed by atoms with Crippen LogP contribution in [0.25, 0.3) is 22.5 Å². The van der Waals surface area contributed by atoms with Crippen LogP contribution in [-0.2, 0) is 28.9 Å². The minimum Gasteiger partial charge on any atom is -0.466 e. The zero-order valence-electron chi connectivity index (χ0n) is 23.9. The summed E-state index contributed by atoms with van der Waals surface area (Å²) in [6, 6.07) is 16.3. The average Bonchev–Trinajstić information content (AvgIpc) is 3.55. The molecule has 214 valence electrons. The van der Waals surface area contributed by atoms with E-state index in [-0.39, 0.29) is 17.6 Å². The number of H-pyrrole nitrogens is 1. The van der Waals surface area contributed by atoms with Gasteiger partial charge in [0.05, 0.1) is 18.1 Å². The van der Waals surface area contributed by atoms with Gasteiger partial charge in [-0.15, -0.1) is 5.10 Å². The second kappa shape index (κ2) is 11.5. The first kappa shape index (κ1) is 27.2. The highest BCUT2D eigenvalue weighted by atomic mass is 16.5. The van der Waals surface area contributed by atoms with Crippen molar-refractivity contribution in [1.29, 1.82) is 0 Å². The number of esters is 1. The molecule has 9 heteroatoms. The van der Waals surface area contributed by atoms with Gasteiger partial charge in [-0.05, 0) is 72.6 Å². The lowest BCUT2D eigenvalue weighted by atomic mass is 9.91. The number of ether oxygens (including phenoxy) is 1. The average molecular weight is 555 g/mol. The molecule has 9 nitrogen and oxygen atoms in total. The van der Waals surface area contributed by atoms with Gasteiger partial charge in [-0.25, -0.2) is 9.78 Å². The van der Waals surface area contributed by atoms with Crippen molar-refractivity contribution in [3.05, 3.63) is 75.7 Å². The molecule has 1 saturated carbocycles. The van der Waals surface area contributed by atoms with Gasteiger partial charge in [-0.1, -0.05) is 68.3 Å². The molecule has 2 aromatic heterocycles. The zero-order chi connectivity index (χ0) is 28.4. The number of tetrazole rings is 1. The minimum atomic E-state index is -0.553. The van der Waals surface area contributed by atoms with Gasteiger partial charge < -0.3 is 4.74 Å². The van der Waals surface area contributed by atoms with Crippen LogP contribution >= 0.6 is 0 Å². The Morgan fingerprint density at radius 1 is 1.07 bits per heavy atom. The van der Waals surface area contributed by atoms with Crippen LogP contribution in [0.2, 0.25) is 0 Å². The molecule has 0 spiro atoms. The monoisotopic (exact) mass is 554 g/mol. The van der Waals surface area contributed by atoms with E-state index in [1.165, 1.54) is 0 Å². The van der Waals surface area contributed by atoms with Gasteiger partial charge in [0.25, 0.3) is 5.56 Å². The van der Waals surface area contributed by atoms with E-state index in [0.717, 1.165) is 91.4 Å². The van der Waals surface area contributed by atoms with Crippen molar-refractivity contribution in [2.24, 2.45) is 5.41 Å². The molecule has 2 aromatic carbocycles. The number of unbranched alkanes of at least 4 members (excludes halogenated alkanes) is 2. The van der Waals surface area contributed by atoms with Gasteiger partial charge >= 0.3 is 5.97 Å². The minimum absolute atomic E-state index is 0.0593. The first-order valence-corrected chi connectivity index (χ1v) is 15.0. The van der Waals surface area contributed by atoms with Crippen LogP contribution in [0.5, 0.6) is 0 Å². The summed E-state index contributed by atoms with van der Waals surface area (Å²) in [6.45, 7) is 5.24. The number of hydrogen-bond acceptors (Lipinski definition) is 6. The molecule has 1 atom stereocenters. The lowest BCUT2D eigenvalue weighted by Gasteiger charge is -2.33. The van der Waals surface area contributed by atoms with Crippen molar-refractivity contribution >= 4 is 5.97 Å². The van der Waals surface area contributed by atoms with Gasteiger partial charge in [0.1, 0.15) is 0 Å². The highest BCUT2D eigenvalue weighted by Gasteiger charge is 2.59. The predicted molar refractivity (Wildman–Crippen MR) is 156 cm³/mol. The molecule has 1 unspecified atom stereocenters. The van der Waals surface area contributed by atoms with E-state index in [1.807, 2.05) is 29.8 Å². The number of benzene rings is 2. The molecule has 0 amide bonds. The summed E-state index contributed by atoms with van der Waals surface area (Å²) in [5.74, 6) is 0.484. The second-order valence-electron chi connectivity index (χ2n) is 11.4. The molecule has 1 aliphatic carbocycles. The molecule has 1 fully saturated rings. The summed E-state index contributed by atoms with van der Waals surface area (Å²) in [4.78, 5) is 27.2. The molecule has 0 bridgehead atoms. The van der Waals surface area contributed by atoms with E-state index in [2.05, 4.69) is 62.6 Å². The Hall–Kier alpha value is -4.01. The number of carbonyl (C=O) groups is 1. The summed E-state index contributed by atoms with van der Waals surface area (Å²) in [5.41, 5.74) is 5.63. The number of nitrogens with one attached hydrogen (secondary N) is 1. The maximum absolute atomic E-state index is 14.2. The van der Waals surface area contributed by atoms with E-state index >= 15 is 0 Å². The van der Waals surface area contributed by atoms with Crippen molar-refractivity contribution in [2.45, 2.75) is 84.2 Å². The lowest BCUT2D eigenvalue weighted by Crippen LogP contribution is -2.40. The highest BCUT2D eigenvalue weighted by molar-refractivity contribution is 5.81. The molecule has 6 rings (SSSR count). The smallest absolute Gasteiger partial charge is 0.314 e.